The van der Waals surface area contributed by atoms with Crippen molar-refractivity contribution in [3.63, 3.8) is 0 Å². The molecule has 1 unspecified atom stereocenters. The summed E-state index contributed by atoms with van der Waals surface area (Å²) in [5, 5.41) is 3.39. The molecule has 0 spiro atoms. The van der Waals surface area contributed by atoms with Gasteiger partial charge in [-0.25, -0.2) is 0 Å². The van der Waals surface area contributed by atoms with Gasteiger partial charge in [0.2, 0.25) is 0 Å². The summed E-state index contributed by atoms with van der Waals surface area (Å²) in [6, 6.07) is 10.3. The standard InChI is InChI=1S/C15H21NO/c1-13(15-7-9-16-11-15)8-10-17-12-14-5-3-2-4-6-14/h2-6,8,15-16H,7,9-12H2,1H3/b13-8-. The Labute approximate surface area is 104 Å². The van der Waals surface area contributed by atoms with Crippen LogP contribution in [0.3, 0.4) is 0 Å². The highest BCUT2D eigenvalue weighted by Crippen LogP contribution is 2.17. The van der Waals surface area contributed by atoms with E-state index in [0.29, 0.717) is 6.61 Å². The van der Waals surface area contributed by atoms with Gasteiger partial charge in [-0.05, 0) is 31.4 Å². The van der Waals surface area contributed by atoms with Crippen LogP contribution >= 0.6 is 0 Å². The second-order valence-corrected chi connectivity index (χ2v) is 4.64. The fraction of sp³-hybridized carbons (Fsp3) is 0.467. The summed E-state index contributed by atoms with van der Waals surface area (Å²) in [5.74, 6) is 0.718. The molecule has 0 aromatic heterocycles. The van der Waals surface area contributed by atoms with Crippen molar-refractivity contribution in [2.45, 2.75) is 20.0 Å². The molecular weight excluding hydrogens is 210 g/mol. The SMILES string of the molecule is C/C(=C/COCc1ccccc1)C1CCNC1. The van der Waals surface area contributed by atoms with Gasteiger partial charge in [0.1, 0.15) is 0 Å². The first kappa shape index (κ1) is 12.3. The number of rotatable bonds is 5. The van der Waals surface area contributed by atoms with E-state index in [4.69, 9.17) is 4.74 Å². The largest absolute Gasteiger partial charge is 0.373 e. The van der Waals surface area contributed by atoms with Crippen LogP contribution in [-0.4, -0.2) is 19.7 Å². The van der Waals surface area contributed by atoms with E-state index in [-0.39, 0.29) is 0 Å². The van der Waals surface area contributed by atoms with Crippen LogP contribution in [0.1, 0.15) is 18.9 Å². The van der Waals surface area contributed by atoms with Crippen LogP contribution in [0, 0.1) is 5.92 Å². The first-order chi connectivity index (χ1) is 8.36. The van der Waals surface area contributed by atoms with Gasteiger partial charge in [-0.3, -0.25) is 0 Å². The molecule has 92 valence electrons. The zero-order valence-corrected chi connectivity index (χ0v) is 10.5. The molecule has 1 atom stereocenters. The lowest BCUT2D eigenvalue weighted by molar-refractivity contribution is 0.148. The van der Waals surface area contributed by atoms with Gasteiger partial charge in [0.15, 0.2) is 0 Å². The van der Waals surface area contributed by atoms with Gasteiger partial charge in [0, 0.05) is 6.54 Å². The Balaban J connectivity index is 1.70. The van der Waals surface area contributed by atoms with Gasteiger partial charge in [-0.15, -0.1) is 0 Å². The minimum atomic E-state index is 0.702. The molecule has 0 aliphatic carbocycles. The van der Waals surface area contributed by atoms with Crippen LogP contribution in [0.5, 0.6) is 0 Å². The van der Waals surface area contributed by atoms with Crippen molar-refractivity contribution in [3.05, 3.63) is 47.5 Å². The third-order valence-electron chi connectivity index (χ3n) is 3.34. The molecule has 0 radical (unpaired) electrons. The molecule has 17 heavy (non-hydrogen) atoms. The minimum Gasteiger partial charge on any atom is -0.373 e. The Hall–Kier alpha value is -1.12. The molecule has 1 aliphatic heterocycles. The molecule has 2 nitrogen and oxygen atoms in total. The third kappa shape index (κ3) is 3.99. The van der Waals surface area contributed by atoms with Crippen molar-refractivity contribution in [1.82, 2.24) is 5.32 Å². The van der Waals surface area contributed by atoms with E-state index in [1.165, 1.54) is 17.6 Å². The molecule has 2 rings (SSSR count). The molecule has 1 saturated heterocycles. The van der Waals surface area contributed by atoms with Crippen molar-refractivity contribution < 1.29 is 4.74 Å². The van der Waals surface area contributed by atoms with Crippen LogP contribution in [0.2, 0.25) is 0 Å². The summed E-state index contributed by atoms with van der Waals surface area (Å²) in [5.41, 5.74) is 2.70. The fourth-order valence-electron chi connectivity index (χ4n) is 2.15. The molecule has 1 heterocycles. The van der Waals surface area contributed by atoms with E-state index < -0.39 is 0 Å². The molecule has 1 aliphatic rings. The van der Waals surface area contributed by atoms with E-state index >= 15 is 0 Å². The Morgan fingerprint density at radius 2 is 2.24 bits per heavy atom. The molecular formula is C15H21NO. The highest BCUT2D eigenvalue weighted by Gasteiger charge is 2.15. The lowest BCUT2D eigenvalue weighted by Gasteiger charge is -2.09. The van der Waals surface area contributed by atoms with E-state index in [1.807, 2.05) is 18.2 Å². The molecule has 0 amide bonds. The van der Waals surface area contributed by atoms with Crippen LogP contribution in [0.25, 0.3) is 0 Å². The zero-order valence-electron chi connectivity index (χ0n) is 10.5. The minimum absolute atomic E-state index is 0.702. The van der Waals surface area contributed by atoms with Gasteiger partial charge in [0.05, 0.1) is 13.2 Å². The van der Waals surface area contributed by atoms with Crippen molar-refractivity contribution in [2.75, 3.05) is 19.7 Å². The van der Waals surface area contributed by atoms with Crippen molar-refractivity contribution in [3.8, 4) is 0 Å². The smallest absolute Gasteiger partial charge is 0.0721 e. The number of benzene rings is 1. The van der Waals surface area contributed by atoms with E-state index in [0.717, 1.165) is 25.6 Å². The average molecular weight is 231 g/mol. The van der Waals surface area contributed by atoms with Crippen LogP contribution in [-0.2, 0) is 11.3 Å². The first-order valence-corrected chi connectivity index (χ1v) is 6.35. The van der Waals surface area contributed by atoms with Gasteiger partial charge < -0.3 is 10.1 Å². The molecule has 1 N–H and O–H groups in total. The van der Waals surface area contributed by atoms with Gasteiger partial charge in [-0.2, -0.15) is 0 Å². The average Bonchev–Trinajstić information content (AvgIpc) is 2.89. The predicted molar refractivity (Wildman–Crippen MR) is 70.8 cm³/mol. The maximum absolute atomic E-state index is 5.65. The number of hydrogen-bond donors (Lipinski definition) is 1. The zero-order chi connectivity index (χ0) is 11.9. The second kappa shape index (κ2) is 6.58. The number of hydrogen-bond acceptors (Lipinski definition) is 2. The first-order valence-electron chi connectivity index (χ1n) is 6.35. The highest BCUT2D eigenvalue weighted by molar-refractivity contribution is 5.13. The quantitative estimate of drug-likeness (QED) is 0.621. The summed E-state index contributed by atoms with van der Waals surface area (Å²) in [4.78, 5) is 0. The Kier molecular flexibility index (Phi) is 4.77. The summed E-state index contributed by atoms with van der Waals surface area (Å²) in [6.07, 6.45) is 3.49. The normalized spacial score (nSPS) is 20.8. The Morgan fingerprint density at radius 3 is 2.94 bits per heavy atom. The summed E-state index contributed by atoms with van der Waals surface area (Å²) in [6.45, 7) is 5.91. The molecule has 0 bridgehead atoms. The molecule has 1 fully saturated rings. The molecule has 0 saturated carbocycles. The topological polar surface area (TPSA) is 21.3 Å². The molecule has 1 aromatic carbocycles. The summed E-state index contributed by atoms with van der Waals surface area (Å²) < 4.78 is 5.65. The third-order valence-corrected chi connectivity index (χ3v) is 3.34. The van der Waals surface area contributed by atoms with E-state index in [9.17, 15) is 0 Å². The van der Waals surface area contributed by atoms with E-state index in [2.05, 4.69) is 30.4 Å². The lowest BCUT2D eigenvalue weighted by Crippen LogP contribution is -2.10. The molecule has 2 heteroatoms. The van der Waals surface area contributed by atoms with Crippen molar-refractivity contribution >= 4 is 0 Å². The summed E-state index contributed by atoms with van der Waals surface area (Å²) >= 11 is 0. The Morgan fingerprint density at radius 1 is 1.41 bits per heavy atom. The van der Waals surface area contributed by atoms with Gasteiger partial charge in [0.25, 0.3) is 0 Å². The monoisotopic (exact) mass is 231 g/mol. The lowest BCUT2D eigenvalue weighted by atomic mass is 10.00. The number of ether oxygens (including phenoxy) is 1. The van der Waals surface area contributed by atoms with Gasteiger partial charge >= 0.3 is 0 Å². The van der Waals surface area contributed by atoms with Gasteiger partial charge in [-0.1, -0.05) is 42.0 Å². The van der Waals surface area contributed by atoms with Crippen LogP contribution in [0.4, 0.5) is 0 Å². The predicted octanol–water partition coefficient (Wildman–Crippen LogP) is 2.76. The fourth-order valence-corrected chi connectivity index (χ4v) is 2.15. The second-order valence-electron chi connectivity index (χ2n) is 4.64. The maximum Gasteiger partial charge on any atom is 0.0721 e. The van der Waals surface area contributed by atoms with Crippen molar-refractivity contribution in [2.24, 2.45) is 5.92 Å². The van der Waals surface area contributed by atoms with Crippen LogP contribution < -0.4 is 5.32 Å². The Bertz CT molecular complexity index is 352. The maximum atomic E-state index is 5.65. The summed E-state index contributed by atoms with van der Waals surface area (Å²) in [7, 11) is 0. The van der Waals surface area contributed by atoms with Crippen molar-refractivity contribution in [1.29, 1.82) is 0 Å². The number of nitrogens with one attached hydrogen (secondary N) is 1. The van der Waals surface area contributed by atoms with E-state index in [1.54, 1.807) is 0 Å². The molecule has 1 aromatic rings. The highest BCUT2D eigenvalue weighted by atomic mass is 16.5. The van der Waals surface area contributed by atoms with Crippen LogP contribution in [0.15, 0.2) is 42.0 Å².